The summed E-state index contributed by atoms with van der Waals surface area (Å²) in [6.45, 7) is 8.67. The highest BCUT2D eigenvalue weighted by molar-refractivity contribution is 5.79. The lowest BCUT2D eigenvalue weighted by atomic mass is 10.0. The smallest absolute Gasteiger partial charge is 0.216 e. The Balaban J connectivity index is 1.44. The third-order valence-corrected chi connectivity index (χ3v) is 5.51. The van der Waals surface area contributed by atoms with E-state index in [2.05, 4.69) is 49.6 Å². The van der Waals surface area contributed by atoms with E-state index in [-0.39, 0.29) is 0 Å². The monoisotopic (exact) mass is 401 g/mol. The molecule has 3 heterocycles. The average Bonchev–Trinajstić information content (AvgIpc) is 3.34. The fourth-order valence-corrected chi connectivity index (χ4v) is 3.86. The van der Waals surface area contributed by atoms with Gasteiger partial charge in [0.25, 0.3) is 0 Å². The number of hydrogen-bond donors (Lipinski definition) is 3. The number of rotatable bonds is 8. The van der Waals surface area contributed by atoms with Crippen LogP contribution in [0.25, 0.3) is 11.6 Å². The highest BCUT2D eigenvalue weighted by atomic mass is 16.3. The maximum Gasteiger partial charge on any atom is 0.216 e. The molecule has 0 amide bonds. The second-order valence-corrected chi connectivity index (χ2v) is 7.97. The zero-order valence-corrected chi connectivity index (χ0v) is 17.9. The van der Waals surface area contributed by atoms with Crippen LogP contribution in [0.4, 0.5) is 0 Å². The molecule has 3 rings (SSSR count). The Hall–Kier alpha value is -2.35. The molecule has 3 N–H and O–H groups in total. The standard InChI is InChI=1S/C21H35N7O/c1-16(2)17(28-12-6-4-5-7-13-28)15-24-21(22-3)23-11-10-19-25-20(27-26-19)18-9-8-14-29-18/h8-9,14,16-17H,4-7,10-13,15H2,1-3H3,(H2,22,23,24)(H,25,26,27). The minimum absolute atomic E-state index is 0.525. The first-order valence-electron chi connectivity index (χ1n) is 10.8. The summed E-state index contributed by atoms with van der Waals surface area (Å²) in [5.41, 5.74) is 0. The predicted molar refractivity (Wildman–Crippen MR) is 116 cm³/mol. The fourth-order valence-electron chi connectivity index (χ4n) is 3.86. The quantitative estimate of drug-likeness (QED) is 0.465. The summed E-state index contributed by atoms with van der Waals surface area (Å²) < 4.78 is 5.33. The molecule has 1 unspecified atom stereocenters. The van der Waals surface area contributed by atoms with Gasteiger partial charge in [-0.05, 0) is 44.0 Å². The normalized spacial score (nSPS) is 17.3. The second-order valence-electron chi connectivity index (χ2n) is 7.97. The van der Waals surface area contributed by atoms with Crippen molar-refractivity contribution in [3.63, 3.8) is 0 Å². The molecule has 8 nitrogen and oxygen atoms in total. The Morgan fingerprint density at radius 1 is 1.24 bits per heavy atom. The van der Waals surface area contributed by atoms with E-state index in [1.54, 1.807) is 6.26 Å². The first kappa shape index (κ1) is 21.4. The van der Waals surface area contributed by atoms with Crippen molar-refractivity contribution in [1.29, 1.82) is 0 Å². The van der Waals surface area contributed by atoms with Crippen LogP contribution in [0.3, 0.4) is 0 Å². The van der Waals surface area contributed by atoms with Crippen LogP contribution in [0.5, 0.6) is 0 Å². The zero-order chi connectivity index (χ0) is 20.5. The van der Waals surface area contributed by atoms with Gasteiger partial charge in [0.2, 0.25) is 5.82 Å². The number of H-pyrrole nitrogens is 1. The van der Waals surface area contributed by atoms with Gasteiger partial charge in [-0.15, -0.1) is 0 Å². The van der Waals surface area contributed by atoms with Gasteiger partial charge in [-0.3, -0.25) is 15.0 Å². The van der Waals surface area contributed by atoms with Crippen molar-refractivity contribution in [1.82, 2.24) is 30.7 Å². The predicted octanol–water partition coefficient (Wildman–Crippen LogP) is 2.67. The van der Waals surface area contributed by atoms with E-state index in [1.807, 2.05) is 19.2 Å². The lowest BCUT2D eigenvalue weighted by molar-refractivity contribution is 0.161. The Bertz CT molecular complexity index is 730. The Labute approximate surface area is 173 Å². The summed E-state index contributed by atoms with van der Waals surface area (Å²) in [4.78, 5) is 11.5. The van der Waals surface area contributed by atoms with E-state index in [0.717, 1.165) is 31.3 Å². The first-order chi connectivity index (χ1) is 14.2. The molecular weight excluding hydrogens is 366 g/mol. The molecule has 1 aliphatic heterocycles. The Morgan fingerprint density at radius 2 is 2.03 bits per heavy atom. The van der Waals surface area contributed by atoms with E-state index in [4.69, 9.17) is 4.42 Å². The van der Waals surface area contributed by atoms with Gasteiger partial charge in [0.05, 0.1) is 6.26 Å². The van der Waals surface area contributed by atoms with Crippen LogP contribution in [-0.4, -0.2) is 65.3 Å². The van der Waals surface area contributed by atoms with E-state index in [0.29, 0.717) is 23.5 Å². The van der Waals surface area contributed by atoms with Crippen molar-refractivity contribution in [3.8, 4) is 11.6 Å². The van der Waals surface area contributed by atoms with Gasteiger partial charge in [-0.2, -0.15) is 5.10 Å². The Morgan fingerprint density at radius 3 is 2.69 bits per heavy atom. The van der Waals surface area contributed by atoms with Crippen LogP contribution in [0.2, 0.25) is 0 Å². The van der Waals surface area contributed by atoms with Crippen LogP contribution in [0.15, 0.2) is 27.8 Å². The molecule has 1 fully saturated rings. The molecule has 0 saturated carbocycles. The van der Waals surface area contributed by atoms with Crippen molar-refractivity contribution in [2.75, 3.05) is 33.2 Å². The third kappa shape index (κ3) is 6.32. The van der Waals surface area contributed by atoms with Gasteiger partial charge in [0.15, 0.2) is 11.7 Å². The van der Waals surface area contributed by atoms with Crippen LogP contribution in [-0.2, 0) is 6.42 Å². The van der Waals surface area contributed by atoms with Gasteiger partial charge in [0, 0.05) is 32.6 Å². The number of furan rings is 1. The number of hydrogen-bond acceptors (Lipinski definition) is 5. The van der Waals surface area contributed by atoms with Crippen molar-refractivity contribution >= 4 is 5.96 Å². The first-order valence-corrected chi connectivity index (χ1v) is 10.8. The Kier molecular flexibility index (Phi) is 8.10. The molecule has 1 aliphatic rings. The summed E-state index contributed by atoms with van der Waals surface area (Å²) in [7, 11) is 1.81. The summed E-state index contributed by atoms with van der Waals surface area (Å²) >= 11 is 0. The van der Waals surface area contributed by atoms with Gasteiger partial charge < -0.3 is 15.1 Å². The van der Waals surface area contributed by atoms with Crippen molar-refractivity contribution in [2.24, 2.45) is 10.9 Å². The van der Waals surface area contributed by atoms with Crippen LogP contribution in [0, 0.1) is 5.92 Å². The topological polar surface area (TPSA) is 94.4 Å². The van der Waals surface area contributed by atoms with Crippen LogP contribution in [0.1, 0.15) is 45.4 Å². The van der Waals surface area contributed by atoms with Crippen molar-refractivity contribution in [3.05, 3.63) is 24.2 Å². The summed E-state index contributed by atoms with van der Waals surface area (Å²) in [5.74, 6) is 3.52. The second kappa shape index (κ2) is 11.0. The number of aromatic amines is 1. The molecular formula is C21H35N7O. The molecule has 0 bridgehead atoms. The van der Waals surface area contributed by atoms with E-state index in [9.17, 15) is 0 Å². The highest BCUT2D eigenvalue weighted by Crippen LogP contribution is 2.17. The summed E-state index contributed by atoms with van der Waals surface area (Å²) in [6.07, 6.45) is 7.70. The maximum absolute atomic E-state index is 5.33. The zero-order valence-electron chi connectivity index (χ0n) is 17.9. The fraction of sp³-hybridized carbons (Fsp3) is 0.667. The number of guanidine groups is 1. The molecule has 0 radical (unpaired) electrons. The van der Waals surface area contributed by atoms with E-state index in [1.165, 1.54) is 38.8 Å². The number of likely N-dealkylation sites (tertiary alicyclic amines) is 1. The van der Waals surface area contributed by atoms with Gasteiger partial charge in [-0.25, -0.2) is 4.98 Å². The number of nitrogens with one attached hydrogen (secondary N) is 3. The highest BCUT2D eigenvalue weighted by Gasteiger charge is 2.22. The van der Waals surface area contributed by atoms with E-state index < -0.39 is 0 Å². The summed E-state index contributed by atoms with van der Waals surface area (Å²) in [5, 5.41) is 14.1. The van der Waals surface area contributed by atoms with Gasteiger partial charge in [-0.1, -0.05) is 26.7 Å². The molecule has 1 atom stereocenters. The molecule has 0 aromatic carbocycles. The molecule has 8 heteroatoms. The third-order valence-electron chi connectivity index (χ3n) is 5.51. The number of nitrogens with zero attached hydrogens (tertiary/aromatic N) is 4. The molecule has 1 saturated heterocycles. The van der Waals surface area contributed by atoms with Crippen molar-refractivity contribution in [2.45, 2.75) is 52.0 Å². The van der Waals surface area contributed by atoms with Crippen molar-refractivity contribution < 1.29 is 4.42 Å². The molecule has 29 heavy (non-hydrogen) atoms. The SMILES string of the molecule is CN=C(NCCc1nc(-c2ccco2)n[nH]1)NCC(C(C)C)N1CCCCCC1. The maximum atomic E-state index is 5.33. The van der Waals surface area contributed by atoms with Gasteiger partial charge in [0.1, 0.15) is 5.82 Å². The van der Waals surface area contributed by atoms with Gasteiger partial charge >= 0.3 is 0 Å². The molecule has 0 spiro atoms. The molecule has 2 aromatic heterocycles. The lowest BCUT2D eigenvalue weighted by Gasteiger charge is -2.34. The largest absolute Gasteiger partial charge is 0.461 e. The molecule has 2 aromatic rings. The van der Waals surface area contributed by atoms with Crippen LogP contribution < -0.4 is 10.6 Å². The van der Waals surface area contributed by atoms with E-state index >= 15 is 0 Å². The summed E-state index contributed by atoms with van der Waals surface area (Å²) in [6, 6.07) is 4.21. The number of aromatic nitrogens is 3. The lowest BCUT2D eigenvalue weighted by Crippen LogP contribution is -2.50. The number of aliphatic imine (C=N–C) groups is 1. The average molecular weight is 402 g/mol. The minimum Gasteiger partial charge on any atom is -0.461 e. The molecule has 160 valence electrons. The van der Waals surface area contributed by atoms with Crippen LogP contribution >= 0.6 is 0 Å². The minimum atomic E-state index is 0.525. The molecule has 0 aliphatic carbocycles.